The monoisotopic (exact) mass is 326 g/mol. The van der Waals surface area contributed by atoms with Gasteiger partial charge < -0.3 is 14.4 Å². The summed E-state index contributed by atoms with van der Waals surface area (Å²) in [5.41, 5.74) is 0.673. The van der Waals surface area contributed by atoms with E-state index < -0.39 is 0 Å². The molecule has 1 amide bonds. The fourth-order valence-electron chi connectivity index (χ4n) is 4.26. The zero-order chi connectivity index (χ0) is 16.1. The molecule has 2 unspecified atom stereocenters. The molecule has 5 rings (SSSR count). The molecule has 2 aromatic rings. The van der Waals surface area contributed by atoms with Crippen LogP contribution in [0.15, 0.2) is 30.6 Å². The lowest BCUT2D eigenvalue weighted by Crippen LogP contribution is -2.47. The predicted octanol–water partition coefficient (Wildman–Crippen LogP) is 2.02. The van der Waals surface area contributed by atoms with Crippen molar-refractivity contribution in [1.29, 1.82) is 0 Å². The minimum atomic E-state index is 0.0904. The molecule has 124 valence electrons. The van der Waals surface area contributed by atoms with Gasteiger partial charge >= 0.3 is 0 Å². The topological polar surface area (TPSA) is 69.5 Å². The molecule has 0 aliphatic carbocycles. The minimum Gasteiger partial charge on any atom is -0.454 e. The van der Waals surface area contributed by atoms with Crippen LogP contribution in [0, 0.1) is 0 Å². The summed E-state index contributed by atoms with van der Waals surface area (Å²) in [4.78, 5) is 16.9. The number of nitrogens with zero attached hydrogens (tertiary/aromatic N) is 4. The normalized spacial score (nSPS) is 27.5. The maximum atomic E-state index is 13.0. The van der Waals surface area contributed by atoms with Crippen LogP contribution < -0.4 is 9.47 Å². The second kappa shape index (κ2) is 5.22. The third kappa shape index (κ3) is 2.07. The van der Waals surface area contributed by atoms with Gasteiger partial charge in [-0.1, -0.05) is 0 Å². The zero-order valence-electron chi connectivity index (χ0n) is 13.2. The predicted molar refractivity (Wildman–Crippen MR) is 83.8 cm³/mol. The van der Waals surface area contributed by atoms with Crippen LogP contribution in [0.4, 0.5) is 0 Å². The van der Waals surface area contributed by atoms with E-state index in [0.717, 1.165) is 25.7 Å². The van der Waals surface area contributed by atoms with Gasteiger partial charge in [0.15, 0.2) is 11.5 Å². The van der Waals surface area contributed by atoms with Gasteiger partial charge in [0.2, 0.25) is 6.79 Å². The summed E-state index contributed by atoms with van der Waals surface area (Å²) >= 11 is 0. The van der Waals surface area contributed by atoms with Gasteiger partial charge in [0.25, 0.3) is 5.91 Å². The van der Waals surface area contributed by atoms with E-state index in [-0.39, 0.29) is 24.8 Å². The van der Waals surface area contributed by atoms with Crippen molar-refractivity contribution in [1.82, 2.24) is 19.9 Å². The quantitative estimate of drug-likeness (QED) is 0.844. The first-order valence-electron chi connectivity index (χ1n) is 8.38. The van der Waals surface area contributed by atoms with E-state index in [2.05, 4.69) is 15.1 Å². The van der Waals surface area contributed by atoms with Gasteiger partial charge in [0, 0.05) is 17.6 Å². The van der Waals surface area contributed by atoms with Crippen molar-refractivity contribution >= 4 is 5.91 Å². The van der Waals surface area contributed by atoms with Gasteiger partial charge in [-0.2, -0.15) is 15.0 Å². The number of piperidine rings is 1. The molecular formula is C17H18N4O3. The first-order chi connectivity index (χ1) is 11.8. The smallest absolute Gasteiger partial charge is 0.254 e. The largest absolute Gasteiger partial charge is 0.454 e. The third-order valence-electron chi connectivity index (χ3n) is 5.33. The molecule has 24 heavy (non-hydrogen) atoms. The summed E-state index contributed by atoms with van der Waals surface area (Å²) in [5, 5.41) is 8.55. The van der Waals surface area contributed by atoms with Crippen molar-refractivity contribution in [2.24, 2.45) is 0 Å². The summed E-state index contributed by atoms with van der Waals surface area (Å²) in [6.07, 6.45) is 7.37. The van der Waals surface area contributed by atoms with Gasteiger partial charge in [0.05, 0.1) is 18.4 Å². The summed E-state index contributed by atoms with van der Waals surface area (Å²) in [6, 6.07) is 6.26. The third-order valence-corrected chi connectivity index (χ3v) is 5.33. The molecular weight excluding hydrogens is 308 g/mol. The van der Waals surface area contributed by atoms with E-state index in [4.69, 9.17) is 9.47 Å². The van der Waals surface area contributed by atoms with Gasteiger partial charge in [-0.05, 0) is 43.9 Å². The minimum absolute atomic E-state index is 0.0904. The lowest BCUT2D eigenvalue weighted by Gasteiger charge is -2.38. The number of hydrogen-bond donors (Lipinski definition) is 0. The number of amides is 1. The van der Waals surface area contributed by atoms with Gasteiger partial charge in [-0.25, -0.2) is 0 Å². The molecule has 0 radical (unpaired) electrons. The molecule has 1 aromatic carbocycles. The van der Waals surface area contributed by atoms with Crippen LogP contribution in [0.3, 0.4) is 0 Å². The maximum Gasteiger partial charge on any atom is 0.254 e. The van der Waals surface area contributed by atoms with Gasteiger partial charge in [-0.3, -0.25) is 4.79 Å². The second-order valence-corrected chi connectivity index (χ2v) is 6.64. The average molecular weight is 326 g/mol. The molecule has 2 bridgehead atoms. The molecule has 0 spiro atoms. The second-order valence-electron chi connectivity index (χ2n) is 6.64. The molecule has 2 saturated heterocycles. The fourth-order valence-corrected chi connectivity index (χ4v) is 4.26. The van der Waals surface area contributed by atoms with Crippen LogP contribution in [-0.4, -0.2) is 44.7 Å². The summed E-state index contributed by atoms with van der Waals surface area (Å²) in [6.45, 7) is 0.223. The molecule has 7 nitrogen and oxygen atoms in total. The number of carbonyl (C=O) groups excluding carboxylic acids is 1. The number of hydrogen-bond acceptors (Lipinski definition) is 5. The number of benzene rings is 1. The lowest BCUT2D eigenvalue weighted by atomic mass is 9.96. The van der Waals surface area contributed by atoms with Crippen molar-refractivity contribution in [3.63, 3.8) is 0 Å². The number of carbonyl (C=O) groups is 1. The van der Waals surface area contributed by atoms with Crippen molar-refractivity contribution in [3.05, 3.63) is 36.2 Å². The molecule has 3 aliphatic heterocycles. The highest BCUT2D eigenvalue weighted by molar-refractivity contribution is 5.95. The van der Waals surface area contributed by atoms with E-state index in [1.807, 2.05) is 12.1 Å². The SMILES string of the molecule is O=C(c1ccc2c(c1)OCO2)N1C2CCC1CC(n1nccn1)C2. The Morgan fingerprint density at radius 3 is 2.46 bits per heavy atom. The van der Waals surface area contributed by atoms with E-state index in [9.17, 15) is 4.79 Å². The Morgan fingerprint density at radius 1 is 1.00 bits per heavy atom. The average Bonchev–Trinajstić information content (AvgIpc) is 3.33. The molecule has 1 aromatic heterocycles. The number of rotatable bonds is 2. The van der Waals surface area contributed by atoms with Crippen LogP contribution in [0.2, 0.25) is 0 Å². The summed E-state index contributed by atoms with van der Waals surface area (Å²) < 4.78 is 10.7. The Hall–Kier alpha value is -2.57. The van der Waals surface area contributed by atoms with Crippen molar-refractivity contribution in [3.8, 4) is 11.5 Å². The van der Waals surface area contributed by atoms with E-state index in [1.165, 1.54) is 0 Å². The first kappa shape index (κ1) is 13.8. The Morgan fingerprint density at radius 2 is 1.71 bits per heavy atom. The van der Waals surface area contributed by atoms with Crippen molar-refractivity contribution in [2.75, 3.05) is 6.79 Å². The molecule has 0 saturated carbocycles. The molecule has 7 heteroatoms. The van der Waals surface area contributed by atoms with Crippen LogP contribution >= 0.6 is 0 Å². The Balaban J connectivity index is 1.39. The first-order valence-corrected chi connectivity index (χ1v) is 8.38. The standard InChI is InChI=1S/C17H18N4O3/c22-17(11-1-4-15-16(7-11)24-10-23-15)20-12-2-3-13(20)9-14(8-12)21-18-5-6-19-21/h1,4-7,12-14H,2-3,8-10H2. The van der Waals surface area contributed by atoms with E-state index in [0.29, 0.717) is 23.1 Å². The summed E-state index contributed by atoms with van der Waals surface area (Å²) in [7, 11) is 0. The molecule has 3 aliphatic rings. The number of ether oxygens (including phenoxy) is 2. The van der Waals surface area contributed by atoms with E-state index >= 15 is 0 Å². The Kier molecular flexibility index (Phi) is 3.01. The molecule has 0 N–H and O–H groups in total. The van der Waals surface area contributed by atoms with Gasteiger partial charge in [0.1, 0.15) is 0 Å². The van der Waals surface area contributed by atoms with Crippen LogP contribution in [-0.2, 0) is 0 Å². The van der Waals surface area contributed by atoms with Gasteiger partial charge in [-0.15, -0.1) is 0 Å². The highest BCUT2D eigenvalue weighted by atomic mass is 16.7. The maximum absolute atomic E-state index is 13.0. The molecule has 4 heterocycles. The highest BCUT2D eigenvalue weighted by Gasteiger charge is 2.44. The highest BCUT2D eigenvalue weighted by Crippen LogP contribution is 2.42. The number of aromatic nitrogens is 3. The number of fused-ring (bicyclic) bond motifs is 3. The fraction of sp³-hybridized carbons (Fsp3) is 0.471. The van der Waals surface area contributed by atoms with Crippen LogP contribution in [0.25, 0.3) is 0 Å². The zero-order valence-corrected chi connectivity index (χ0v) is 13.2. The Labute approximate surface area is 139 Å². The molecule has 2 atom stereocenters. The van der Waals surface area contributed by atoms with Crippen molar-refractivity contribution in [2.45, 2.75) is 43.8 Å². The van der Waals surface area contributed by atoms with E-state index in [1.54, 1.807) is 23.3 Å². The summed E-state index contributed by atoms with van der Waals surface area (Å²) in [5.74, 6) is 1.45. The van der Waals surface area contributed by atoms with Crippen molar-refractivity contribution < 1.29 is 14.3 Å². The van der Waals surface area contributed by atoms with Crippen LogP contribution in [0.5, 0.6) is 11.5 Å². The Bertz CT molecular complexity index is 762. The lowest BCUT2D eigenvalue weighted by molar-refractivity contribution is 0.0512. The molecule has 2 fully saturated rings. The van der Waals surface area contributed by atoms with Crippen LogP contribution in [0.1, 0.15) is 42.1 Å².